The SMILES string of the molecule is C[C@H](C(=O)c1ccccc1)N(C(=O)c1ccc(Cl)cc1)N1C(=O)[C@@H]2[C@H]3C=C[C@@H]([C@@H]4C[C@H]34)[C@@H]2C1=O. The number of rotatable bonds is 5. The number of amides is 3. The Kier molecular flexibility index (Phi) is 4.78. The van der Waals surface area contributed by atoms with Crippen LogP contribution in [0.25, 0.3) is 0 Å². The number of halogens is 1. The molecule has 34 heavy (non-hydrogen) atoms. The fourth-order valence-electron chi connectivity index (χ4n) is 6.27. The lowest BCUT2D eigenvalue weighted by atomic mass is 9.63. The number of carbonyl (C=O) groups excluding carboxylic acids is 4. The van der Waals surface area contributed by atoms with Gasteiger partial charge in [-0.05, 0) is 61.3 Å². The standard InChI is InChI=1S/C27H23ClN2O4/c1-14(24(31)15-5-3-2-4-6-15)29(25(32)16-7-9-17(28)10-8-16)30-26(33)22-18-11-12-19(21-13-20(18)21)23(22)27(30)34/h2-12,14,18-23H,13H2,1H3/t14-,18+,19+,20-,21+,22-,23+/m1/s1. The minimum absolute atomic E-state index is 0.0223. The van der Waals surface area contributed by atoms with E-state index in [4.69, 9.17) is 11.6 Å². The van der Waals surface area contributed by atoms with Gasteiger partial charge in [0, 0.05) is 16.1 Å². The van der Waals surface area contributed by atoms with Crippen LogP contribution < -0.4 is 0 Å². The summed E-state index contributed by atoms with van der Waals surface area (Å²) < 4.78 is 0. The molecule has 2 aromatic rings. The van der Waals surface area contributed by atoms with Gasteiger partial charge in [0.15, 0.2) is 5.78 Å². The number of imide groups is 1. The normalized spacial score (nSPS) is 31.2. The van der Waals surface area contributed by atoms with Crippen molar-refractivity contribution >= 4 is 35.1 Å². The highest BCUT2D eigenvalue weighted by molar-refractivity contribution is 6.30. The summed E-state index contributed by atoms with van der Waals surface area (Å²) in [6.07, 6.45) is 5.21. The quantitative estimate of drug-likeness (QED) is 0.372. The molecule has 5 aliphatic rings. The Morgan fingerprint density at radius 1 is 0.882 bits per heavy atom. The average molecular weight is 475 g/mol. The van der Waals surface area contributed by atoms with Gasteiger partial charge in [-0.15, -0.1) is 0 Å². The molecule has 1 aliphatic heterocycles. The van der Waals surface area contributed by atoms with Crippen LogP contribution in [-0.2, 0) is 9.59 Å². The van der Waals surface area contributed by atoms with Crippen molar-refractivity contribution in [2.24, 2.45) is 35.5 Å². The van der Waals surface area contributed by atoms with Crippen LogP contribution in [0, 0.1) is 35.5 Å². The van der Waals surface area contributed by atoms with Crippen LogP contribution in [0.15, 0.2) is 66.7 Å². The molecule has 2 saturated carbocycles. The molecule has 1 saturated heterocycles. The molecule has 3 amide bonds. The monoisotopic (exact) mass is 474 g/mol. The van der Waals surface area contributed by atoms with Crippen LogP contribution in [0.5, 0.6) is 0 Å². The number of hydrogen-bond donors (Lipinski definition) is 0. The van der Waals surface area contributed by atoms with Gasteiger partial charge in [0.25, 0.3) is 17.7 Å². The highest BCUT2D eigenvalue weighted by Gasteiger charge is 2.68. The number of Topliss-reactive ketones (excluding diaryl/α,β-unsaturated/α-hetero) is 1. The van der Waals surface area contributed by atoms with E-state index in [9.17, 15) is 19.2 Å². The third-order valence-electron chi connectivity index (χ3n) is 7.96. The zero-order chi connectivity index (χ0) is 23.7. The molecule has 2 bridgehead atoms. The second-order valence-corrected chi connectivity index (χ2v) is 10.1. The molecule has 7 atom stereocenters. The average Bonchev–Trinajstić information content (AvgIpc) is 3.64. The van der Waals surface area contributed by atoms with E-state index in [0.29, 0.717) is 22.4 Å². The summed E-state index contributed by atoms with van der Waals surface area (Å²) >= 11 is 6.00. The van der Waals surface area contributed by atoms with Crippen molar-refractivity contribution < 1.29 is 19.2 Å². The zero-order valence-corrected chi connectivity index (χ0v) is 19.3. The number of hydrazine groups is 1. The minimum atomic E-state index is -1.06. The highest BCUT2D eigenvalue weighted by atomic mass is 35.5. The van der Waals surface area contributed by atoms with Crippen LogP contribution in [0.4, 0.5) is 0 Å². The Balaban J connectivity index is 1.40. The largest absolute Gasteiger partial charge is 0.292 e. The molecule has 0 unspecified atom stereocenters. The first-order valence-corrected chi connectivity index (χ1v) is 12.0. The molecule has 7 heteroatoms. The van der Waals surface area contributed by atoms with Crippen molar-refractivity contribution in [1.82, 2.24) is 10.0 Å². The van der Waals surface area contributed by atoms with Gasteiger partial charge in [-0.2, -0.15) is 5.01 Å². The maximum Gasteiger partial charge on any atom is 0.273 e. The van der Waals surface area contributed by atoms with Crippen LogP contribution in [0.3, 0.4) is 0 Å². The predicted molar refractivity (Wildman–Crippen MR) is 124 cm³/mol. The van der Waals surface area contributed by atoms with Gasteiger partial charge < -0.3 is 0 Å². The molecule has 6 nitrogen and oxygen atoms in total. The first-order chi connectivity index (χ1) is 16.4. The summed E-state index contributed by atoms with van der Waals surface area (Å²) in [6.45, 7) is 1.57. The summed E-state index contributed by atoms with van der Waals surface area (Å²) in [7, 11) is 0. The van der Waals surface area contributed by atoms with E-state index in [-0.39, 0.29) is 35.0 Å². The Morgan fingerprint density at radius 3 is 2.00 bits per heavy atom. The first-order valence-electron chi connectivity index (χ1n) is 11.6. The van der Waals surface area contributed by atoms with Crippen molar-refractivity contribution in [3.8, 4) is 0 Å². The Morgan fingerprint density at radius 2 is 1.44 bits per heavy atom. The Hall–Kier alpha value is -3.25. The molecule has 4 aliphatic carbocycles. The number of carbonyl (C=O) groups is 4. The van der Waals surface area contributed by atoms with Gasteiger partial charge in [0.1, 0.15) is 6.04 Å². The number of hydrogen-bond acceptors (Lipinski definition) is 4. The van der Waals surface area contributed by atoms with Gasteiger partial charge in [0.2, 0.25) is 0 Å². The summed E-state index contributed by atoms with van der Waals surface area (Å²) in [4.78, 5) is 54.6. The number of allylic oxidation sites excluding steroid dienone is 2. The fraction of sp³-hybridized carbons (Fsp3) is 0.333. The molecule has 0 aromatic heterocycles. The van der Waals surface area contributed by atoms with Crippen molar-refractivity contribution in [1.29, 1.82) is 0 Å². The minimum Gasteiger partial charge on any atom is -0.292 e. The second-order valence-electron chi connectivity index (χ2n) is 9.71. The van der Waals surface area contributed by atoms with Gasteiger partial charge in [-0.3, -0.25) is 19.2 Å². The lowest BCUT2D eigenvalue weighted by Gasteiger charge is -2.37. The smallest absolute Gasteiger partial charge is 0.273 e. The summed E-state index contributed by atoms with van der Waals surface area (Å²) in [5, 5.41) is 2.51. The highest BCUT2D eigenvalue weighted by Crippen LogP contribution is 2.65. The zero-order valence-electron chi connectivity index (χ0n) is 18.5. The van der Waals surface area contributed by atoms with Gasteiger partial charge >= 0.3 is 0 Å². The van der Waals surface area contributed by atoms with Gasteiger partial charge in [0.05, 0.1) is 11.8 Å². The molecule has 2 aromatic carbocycles. The van der Waals surface area contributed by atoms with Gasteiger partial charge in [-0.25, -0.2) is 5.01 Å². The van der Waals surface area contributed by atoms with E-state index in [1.807, 2.05) is 0 Å². The van der Waals surface area contributed by atoms with E-state index in [2.05, 4.69) is 12.2 Å². The lowest BCUT2D eigenvalue weighted by molar-refractivity contribution is -0.156. The van der Waals surface area contributed by atoms with E-state index in [0.717, 1.165) is 16.4 Å². The Bertz CT molecular complexity index is 1210. The third-order valence-corrected chi connectivity index (χ3v) is 8.21. The number of ketones is 1. The number of nitrogens with zero attached hydrogens (tertiary/aromatic N) is 2. The third kappa shape index (κ3) is 3.01. The molecule has 0 spiro atoms. The van der Waals surface area contributed by atoms with Crippen LogP contribution >= 0.6 is 11.6 Å². The Labute approximate surface area is 202 Å². The number of benzene rings is 2. The first kappa shape index (κ1) is 21.3. The van der Waals surface area contributed by atoms with E-state index in [1.54, 1.807) is 49.4 Å². The lowest BCUT2D eigenvalue weighted by Crippen LogP contribution is -2.56. The van der Waals surface area contributed by atoms with E-state index < -0.39 is 23.8 Å². The molecule has 172 valence electrons. The van der Waals surface area contributed by atoms with E-state index in [1.165, 1.54) is 12.1 Å². The topological polar surface area (TPSA) is 74.8 Å². The fourth-order valence-corrected chi connectivity index (χ4v) is 6.40. The van der Waals surface area contributed by atoms with Crippen LogP contribution in [-0.4, -0.2) is 39.6 Å². The van der Waals surface area contributed by atoms with Crippen LogP contribution in [0.1, 0.15) is 34.1 Å². The summed E-state index contributed by atoms with van der Waals surface area (Å²) in [5.41, 5.74) is 0.653. The molecule has 7 rings (SSSR count). The van der Waals surface area contributed by atoms with E-state index >= 15 is 0 Å². The van der Waals surface area contributed by atoms with Crippen LogP contribution in [0.2, 0.25) is 5.02 Å². The molecule has 3 fully saturated rings. The molecular weight excluding hydrogens is 452 g/mol. The maximum absolute atomic E-state index is 13.7. The van der Waals surface area contributed by atoms with Crippen molar-refractivity contribution in [3.05, 3.63) is 82.9 Å². The second kappa shape index (κ2) is 7.64. The maximum atomic E-state index is 13.7. The van der Waals surface area contributed by atoms with Crippen molar-refractivity contribution in [2.45, 2.75) is 19.4 Å². The summed E-state index contributed by atoms with van der Waals surface area (Å²) in [5.74, 6) is -1.70. The van der Waals surface area contributed by atoms with Crippen molar-refractivity contribution in [2.75, 3.05) is 0 Å². The van der Waals surface area contributed by atoms with Crippen molar-refractivity contribution in [3.63, 3.8) is 0 Å². The summed E-state index contributed by atoms with van der Waals surface area (Å²) in [6, 6.07) is 13.8. The molecule has 0 N–H and O–H groups in total. The predicted octanol–water partition coefficient (Wildman–Crippen LogP) is 4.02. The molecule has 0 radical (unpaired) electrons. The molecular formula is C27H23ClN2O4. The van der Waals surface area contributed by atoms with Gasteiger partial charge in [-0.1, -0.05) is 54.1 Å². The molecule has 1 heterocycles.